The van der Waals surface area contributed by atoms with Crippen LogP contribution in [0, 0.1) is 5.92 Å². The molecule has 0 bridgehead atoms. The first kappa shape index (κ1) is 11.5. The van der Waals surface area contributed by atoms with Gasteiger partial charge < -0.3 is 5.73 Å². The van der Waals surface area contributed by atoms with Gasteiger partial charge >= 0.3 is 0 Å². The molecule has 0 radical (unpaired) electrons. The first-order valence-electron chi connectivity index (χ1n) is 3.93. The molecule has 0 amide bonds. The standard InChI is InChI=1S/C8H17Cl2N/c1-8(2,11)7(3-5-9)4-6-10/h7H,3-6,11H2,1-2H3. The fourth-order valence-electron chi connectivity index (χ4n) is 1.15. The molecule has 0 aliphatic carbocycles. The molecule has 1 nitrogen and oxygen atoms in total. The van der Waals surface area contributed by atoms with Gasteiger partial charge in [-0.25, -0.2) is 0 Å². The van der Waals surface area contributed by atoms with Crippen LogP contribution in [0.15, 0.2) is 0 Å². The average Bonchev–Trinajstić information content (AvgIpc) is 1.85. The molecular formula is C8H17Cl2N. The minimum atomic E-state index is -0.149. The average molecular weight is 198 g/mol. The molecule has 0 spiro atoms. The van der Waals surface area contributed by atoms with Crippen molar-refractivity contribution in [3.8, 4) is 0 Å². The summed E-state index contributed by atoms with van der Waals surface area (Å²) >= 11 is 11.3. The highest BCUT2D eigenvalue weighted by atomic mass is 35.5. The summed E-state index contributed by atoms with van der Waals surface area (Å²) in [6.07, 6.45) is 1.91. The van der Waals surface area contributed by atoms with E-state index in [0.717, 1.165) is 12.8 Å². The van der Waals surface area contributed by atoms with Crippen LogP contribution in [-0.4, -0.2) is 17.3 Å². The van der Waals surface area contributed by atoms with Crippen molar-refractivity contribution in [1.29, 1.82) is 0 Å². The second kappa shape index (κ2) is 5.23. The smallest absolute Gasteiger partial charge is 0.0226 e. The SMILES string of the molecule is CC(C)(N)C(CCCl)CCCl. The van der Waals surface area contributed by atoms with E-state index in [-0.39, 0.29) is 5.54 Å². The lowest BCUT2D eigenvalue weighted by molar-refractivity contribution is 0.305. The van der Waals surface area contributed by atoms with Gasteiger partial charge in [-0.2, -0.15) is 0 Å². The normalized spacial score (nSPS) is 12.5. The summed E-state index contributed by atoms with van der Waals surface area (Å²) in [4.78, 5) is 0. The first-order chi connectivity index (χ1) is 5.02. The monoisotopic (exact) mass is 197 g/mol. The van der Waals surface area contributed by atoms with Gasteiger partial charge in [0.15, 0.2) is 0 Å². The fraction of sp³-hybridized carbons (Fsp3) is 1.00. The van der Waals surface area contributed by atoms with Crippen molar-refractivity contribution in [3.05, 3.63) is 0 Å². The van der Waals surface area contributed by atoms with Gasteiger partial charge in [0, 0.05) is 17.3 Å². The van der Waals surface area contributed by atoms with Crippen LogP contribution in [0.5, 0.6) is 0 Å². The molecule has 0 aromatic heterocycles. The van der Waals surface area contributed by atoms with Gasteiger partial charge in [0.1, 0.15) is 0 Å². The van der Waals surface area contributed by atoms with E-state index in [1.165, 1.54) is 0 Å². The van der Waals surface area contributed by atoms with Crippen molar-refractivity contribution in [3.63, 3.8) is 0 Å². The number of alkyl halides is 2. The second-order valence-electron chi connectivity index (χ2n) is 3.47. The molecule has 68 valence electrons. The van der Waals surface area contributed by atoms with Crippen LogP contribution < -0.4 is 5.73 Å². The Bertz CT molecular complexity index is 92.8. The van der Waals surface area contributed by atoms with Crippen LogP contribution in [0.2, 0.25) is 0 Å². The number of nitrogens with two attached hydrogens (primary N) is 1. The third-order valence-electron chi connectivity index (χ3n) is 1.97. The molecule has 3 heteroatoms. The van der Waals surface area contributed by atoms with Crippen LogP contribution in [-0.2, 0) is 0 Å². The summed E-state index contributed by atoms with van der Waals surface area (Å²) in [6.45, 7) is 4.05. The van der Waals surface area contributed by atoms with Crippen LogP contribution in [0.1, 0.15) is 26.7 Å². The molecule has 0 aliphatic heterocycles. The molecule has 0 heterocycles. The summed E-state index contributed by atoms with van der Waals surface area (Å²) in [5.74, 6) is 1.78. The highest BCUT2D eigenvalue weighted by Gasteiger charge is 2.23. The molecule has 0 saturated heterocycles. The molecule has 0 atom stereocenters. The largest absolute Gasteiger partial charge is 0.325 e. The maximum atomic E-state index is 5.93. The summed E-state index contributed by atoms with van der Waals surface area (Å²) in [5.41, 5.74) is 5.79. The maximum Gasteiger partial charge on any atom is 0.0226 e. The molecule has 0 fully saturated rings. The summed E-state index contributed by atoms with van der Waals surface area (Å²) < 4.78 is 0. The van der Waals surface area contributed by atoms with E-state index in [1.807, 2.05) is 13.8 Å². The molecule has 0 rings (SSSR count). The minimum Gasteiger partial charge on any atom is -0.325 e. The fourth-order valence-corrected chi connectivity index (χ4v) is 1.68. The van der Waals surface area contributed by atoms with Crippen LogP contribution in [0.3, 0.4) is 0 Å². The quantitative estimate of drug-likeness (QED) is 0.675. The number of hydrogen-bond donors (Lipinski definition) is 1. The highest BCUT2D eigenvalue weighted by molar-refractivity contribution is 6.18. The van der Waals surface area contributed by atoms with Gasteiger partial charge in [-0.05, 0) is 32.6 Å². The Morgan fingerprint density at radius 3 is 1.73 bits per heavy atom. The van der Waals surface area contributed by atoms with E-state index in [9.17, 15) is 0 Å². The molecule has 0 aromatic carbocycles. The van der Waals surface area contributed by atoms with Crippen LogP contribution in [0.25, 0.3) is 0 Å². The van der Waals surface area contributed by atoms with E-state index in [4.69, 9.17) is 28.9 Å². The predicted molar refractivity (Wildman–Crippen MR) is 52.4 cm³/mol. The molecule has 11 heavy (non-hydrogen) atoms. The van der Waals surface area contributed by atoms with E-state index < -0.39 is 0 Å². The molecule has 0 unspecified atom stereocenters. The summed E-state index contributed by atoms with van der Waals surface area (Å²) in [5, 5.41) is 0. The van der Waals surface area contributed by atoms with E-state index >= 15 is 0 Å². The molecule has 0 aliphatic rings. The number of halogens is 2. The lowest BCUT2D eigenvalue weighted by atomic mass is 9.84. The summed E-state index contributed by atoms with van der Waals surface area (Å²) in [6, 6.07) is 0. The van der Waals surface area contributed by atoms with Crippen molar-refractivity contribution in [2.24, 2.45) is 11.7 Å². The van der Waals surface area contributed by atoms with Gasteiger partial charge in [-0.15, -0.1) is 23.2 Å². The van der Waals surface area contributed by atoms with Crippen LogP contribution >= 0.6 is 23.2 Å². The Labute approximate surface area is 79.2 Å². The zero-order chi connectivity index (χ0) is 8.91. The van der Waals surface area contributed by atoms with Gasteiger partial charge in [-0.1, -0.05) is 0 Å². The molecular weight excluding hydrogens is 181 g/mol. The van der Waals surface area contributed by atoms with Gasteiger partial charge in [0.25, 0.3) is 0 Å². The van der Waals surface area contributed by atoms with E-state index in [2.05, 4.69) is 0 Å². The Balaban J connectivity index is 3.88. The lowest BCUT2D eigenvalue weighted by Crippen LogP contribution is -2.41. The van der Waals surface area contributed by atoms with Crippen molar-refractivity contribution < 1.29 is 0 Å². The van der Waals surface area contributed by atoms with E-state index in [0.29, 0.717) is 17.7 Å². The summed E-state index contributed by atoms with van der Waals surface area (Å²) in [7, 11) is 0. The zero-order valence-corrected chi connectivity index (χ0v) is 8.75. The Morgan fingerprint density at radius 2 is 1.55 bits per heavy atom. The first-order valence-corrected chi connectivity index (χ1v) is 5.00. The van der Waals surface area contributed by atoms with Gasteiger partial charge in [0.05, 0.1) is 0 Å². The third kappa shape index (κ3) is 4.89. The van der Waals surface area contributed by atoms with Gasteiger partial charge in [0.2, 0.25) is 0 Å². The predicted octanol–water partition coefficient (Wildman–Crippen LogP) is 2.60. The maximum absolute atomic E-state index is 5.93. The van der Waals surface area contributed by atoms with Crippen molar-refractivity contribution >= 4 is 23.2 Å². The lowest BCUT2D eigenvalue weighted by Gasteiger charge is -2.29. The Morgan fingerprint density at radius 1 is 1.18 bits per heavy atom. The molecule has 0 aromatic rings. The van der Waals surface area contributed by atoms with Crippen molar-refractivity contribution in [2.45, 2.75) is 32.2 Å². The van der Waals surface area contributed by atoms with E-state index in [1.54, 1.807) is 0 Å². The van der Waals surface area contributed by atoms with Crippen LogP contribution in [0.4, 0.5) is 0 Å². The van der Waals surface area contributed by atoms with Crippen molar-refractivity contribution in [1.82, 2.24) is 0 Å². The molecule has 2 N–H and O–H groups in total. The molecule has 0 saturated carbocycles. The second-order valence-corrected chi connectivity index (χ2v) is 4.23. The van der Waals surface area contributed by atoms with Gasteiger partial charge in [-0.3, -0.25) is 0 Å². The van der Waals surface area contributed by atoms with Crippen molar-refractivity contribution in [2.75, 3.05) is 11.8 Å². The third-order valence-corrected chi connectivity index (χ3v) is 2.40. The zero-order valence-electron chi connectivity index (χ0n) is 7.24. The Hall–Kier alpha value is 0.540. The highest BCUT2D eigenvalue weighted by Crippen LogP contribution is 2.22. The number of hydrogen-bond acceptors (Lipinski definition) is 1. The Kier molecular flexibility index (Phi) is 5.49. The topological polar surface area (TPSA) is 26.0 Å². The minimum absolute atomic E-state index is 0.149. The number of rotatable bonds is 5.